The molecule has 6 heteroatoms. The standard InChI is InChI=1S/C13H17ClN4O/c1-8-2-3-9(6-8)18-5-4-11(19)16-10-7-15-13(14)17-12(10)18/h7-9H,2-6H2,1H3,(H,16,19). The van der Waals surface area contributed by atoms with Crippen molar-refractivity contribution >= 4 is 29.0 Å². The van der Waals surface area contributed by atoms with Crippen molar-refractivity contribution in [3.05, 3.63) is 11.5 Å². The Hall–Kier alpha value is -1.36. The number of rotatable bonds is 1. The smallest absolute Gasteiger partial charge is 0.226 e. The average molecular weight is 281 g/mol. The van der Waals surface area contributed by atoms with Gasteiger partial charge < -0.3 is 10.2 Å². The highest BCUT2D eigenvalue weighted by Crippen LogP contribution is 2.35. The van der Waals surface area contributed by atoms with Crippen molar-refractivity contribution in [3.63, 3.8) is 0 Å². The molecule has 1 N–H and O–H groups in total. The fraction of sp³-hybridized carbons (Fsp3) is 0.615. The van der Waals surface area contributed by atoms with Crippen molar-refractivity contribution in [2.24, 2.45) is 5.92 Å². The zero-order valence-corrected chi connectivity index (χ0v) is 11.7. The molecule has 2 atom stereocenters. The Morgan fingerprint density at radius 2 is 2.32 bits per heavy atom. The zero-order valence-electron chi connectivity index (χ0n) is 10.9. The van der Waals surface area contributed by atoms with E-state index in [1.807, 2.05) is 0 Å². The van der Waals surface area contributed by atoms with Crippen LogP contribution in [0.3, 0.4) is 0 Å². The van der Waals surface area contributed by atoms with Gasteiger partial charge in [0.1, 0.15) is 5.69 Å². The minimum atomic E-state index is 0.0146. The van der Waals surface area contributed by atoms with Crippen molar-refractivity contribution < 1.29 is 4.79 Å². The van der Waals surface area contributed by atoms with Crippen LogP contribution in [0.25, 0.3) is 0 Å². The lowest BCUT2D eigenvalue weighted by Gasteiger charge is -2.29. The molecular formula is C13H17ClN4O. The fourth-order valence-electron chi connectivity index (χ4n) is 3.02. The summed E-state index contributed by atoms with van der Waals surface area (Å²) in [7, 11) is 0. The Morgan fingerprint density at radius 3 is 3.05 bits per heavy atom. The Balaban J connectivity index is 1.96. The van der Waals surface area contributed by atoms with E-state index in [4.69, 9.17) is 11.6 Å². The quantitative estimate of drug-likeness (QED) is 0.803. The molecule has 5 nitrogen and oxygen atoms in total. The molecule has 3 rings (SSSR count). The fourth-order valence-corrected chi connectivity index (χ4v) is 3.14. The van der Waals surface area contributed by atoms with Gasteiger partial charge in [-0.05, 0) is 36.8 Å². The van der Waals surface area contributed by atoms with Crippen LogP contribution >= 0.6 is 11.6 Å². The van der Waals surface area contributed by atoms with Crippen molar-refractivity contribution in [1.82, 2.24) is 9.97 Å². The number of fused-ring (bicyclic) bond motifs is 1. The SMILES string of the molecule is CC1CCC(N2CCC(=O)Nc3cnc(Cl)nc32)C1. The first-order valence-corrected chi connectivity index (χ1v) is 7.10. The molecule has 1 aliphatic carbocycles. The maximum absolute atomic E-state index is 11.7. The van der Waals surface area contributed by atoms with Crippen LogP contribution in [0.4, 0.5) is 11.5 Å². The van der Waals surface area contributed by atoms with Crippen LogP contribution in [0.5, 0.6) is 0 Å². The number of anilines is 2. The third-order valence-corrected chi connectivity index (χ3v) is 4.16. The number of hydrogen-bond acceptors (Lipinski definition) is 4. The lowest BCUT2D eigenvalue weighted by Crippen LogP contribution is -2.35. The number of aromatic nitrogens is 2. The first-order chi connectivity index (χ1) is 9.13. The second kappa shape index (κ2) is 4.96. The number of nitrogens with one attached hydrogen (secondary N) is 1. The Bertz CT molecular complexity index is 507. The van der Waals surface area contributed by atoms with Gasteiger partial charge in [0.2, 0.25) is 11.2 Å². The molecule has 2 aliphatic rings. The highest BCUT2D eigenvalue weighted by Gasteiger charge is 2.31. The second-order valence-corrected chi connectivity index (χ2v) is 5.78. The zero-order chi connectivity index (χ0) is 13.4. The predicted molar refractivity (Wildman–Crippen MR) is 74.4 cm³/mol. The van der Waals surface area contributed by atoms with E-state index in [9.17, 15) is 4.79 Å². The van der Waals surface area contributed by atoms with Crippen LogP contribution in [0, 0.1) is 5.92 Å². The minimum Gasteiger partial charge on any atom is -0.351 e. The third-order valence-electron chi connectivity index (χ3n) is 3.97. The van der Waals surface area contributed by atoms with Gasteiger partial charge >= 0.3 is 0 Å². The summed E-state index contributed by atoms with van der Waals surface area (Å²) in [6.07, 6.45) is 5.61. The van der Waals surface area contributed by atoms with Crippen LogP contribution < -0.4 is 10.2 Å². The highest BCUT2D eigenvalue weighted by molar-refractivity contribution is 6.28. The van der Waals surface area contributed by atoms with Crippen molar-refractivity contribution in [2.45, 2.75) is 38.6 Å². The first kappa shape index (κ1) is 12.7. The molecule has 1 fully saturated rings. The molecule has 0 aromatic carbocycles. The van der Waals surface area contributed by atoms with Crippen LogP contribution in [0.2, 0.25) is 5.28 Å². The largest absolute Gasteiger partial charge is 0.351 e. The summed E-state index contributed by atoms with van der Waals surface area (Å²) >= 11 is 5.91. The summed E-state index contributed by atoms with van der Waals surface area (Å²) in [6.45, 7) is 2.97. The highest BCUT2D eigenvalue weighted by atomic mass is 35.5. The minimum absolute atomic E-state index is 0.0146. The van der Waals surface area contributed by atoms with Gasteiger partial charge in [-0.25, -0.2) is 4.98 Å². The Labute approximate surface area is 117 Å². The van der Waals surface area contributed by atoms with Crippen molar-refractivity contribution in [3.8, 4) is 0 Å². The number of carbonyl (C=O) groups excluding carboxylic acids is 1. The summed E-state index contributed by atoms with van der Waals surface area (Å²) in [6, 6.07) is 0.451. The van der Waals surface area contributed by atoms with E-state index >= 15 is 0 Å². The van der Waals surface area contributed by atoms with Crippen molar-refractivity contribution in [1.29, 1.82) is 0 Å². The van der Waals surface area contributed by atoms with Gasteiger partial charge in [0.05, 0.1) is 6.20 Å². The van der Waals surface area contributed by atoms with Crippen molar-refractivity contribution in [2.75, 3.05) is 16.8 Å². The number of amides is 1. The van der Waals surface area contributed by atoms with E-state index < -0.39 is 0 Å². The molecule has 102 valence electrons. The summed E-state index contributed by atoms with van der Waals surface area (Å²) in [5.74, 6) is 1.52. The van der Waals surface area contributed by atoms with Gasteiger partial charge in [-0.3, -0.25) is 4.79 Å². The third kappa shape index (κ3) is 2.52. The number of halogens is 1. The summed E-state index contributed by atoms with van der Waals surface area (Å²) in [4.78, 5) is 22.2. The summed E-state index contributed by atoms with van der Waals surface area (Å²) in [5.41, 5.74) is 0.673. The van der Waals surface area contributed by atoms with Crippen LogP contribution in [0.15, 0.2) is 6.20 Å². The molecule has 1 saturated carbocycles. The molecule has 0 radical (unpaired) electrons. The van der Waals surface area contributed by atoms with Gasteiger partial charge in [-0.2, -0.15) is 4.98 Å². The maximum Gasteiger partial charge on any atom is 0.226 e. The van der Waals surface area contributed by atoms with Gasteiger partial charge in [0, 0.05) is 19.0 Å². The van der Waals surface area contributed by atoms with Crippen LogP contribution in [0.1, 0.15) is 32.6 Å². The van der Waals surface area contributed by atoms with E-state index in [2.05, 4.69) is 27.1 Å². The number of nitrogens with zero attached hydrogens (tertiary/aromatic N) is 3. The van der Waals surface area contributed by atoms with E-state index in [0.29, 0.717) is 24.7 Å². The molecule has 1 amide bonds. The molecule has 0 saturated heterocycles. The molecule has 2 unspecified atom stereocenters. The van der Waals surface area contributed by atoms with Crippen LogP contribution in [-0.2, 0) is 4.79 Å². The van der Waals surface area contributed by atoms with Gasteiger partial charge in [0.15, 0.2) is 5.82 Å². The predicted octanol–water partition coefficient (Wildman–Crippen LogP) is 2.47. The molecule has 1 aromatic rings. The second-order valence-electron chi connectivity index (χ2n) is 5.44. The lowest BCUT2D eigenvalue weighted by atomic mass is 10.1. The normalized spacial score (nSPS) is 26.8. The number of hydrogen-bond donors (Lipinski definition) is 1. The van der Waals surface area contributed by atoms with Crippen LogP contribution in [-0.4, -0.2) is 28.5 Å². The topological polar surface area (TPSA) is 58.1 Å². The van der Waals surface area contributed by atoms with E-state index in [1.165, 1.54) is 6.42 Å². The number of carbonyl (C=O) groups is 1. The van der Waals surface area contributed by atoms with E-state index in [0.717, 1.165) is 24.6 Å². The molecule has 1 aromatic heterocycles. The average Bonchev–Trinajstić information content (AvgIpc) is 2.72. The lowest BCUT2D eigenvalue weighted by molar-refractivity contribution is -0.115. The molecule has 1 aliphatic heterocycles. The molecule has 19 heavy (non-hydrogen) atoms. The van der Waals surface area contributed by atoms with E-state index in [-0.39, 0.29) is 11.2 Å². The Morgan fingerprint density at radius 1 is 1.47 bits per heavy atom. The van der Waals surface area contributed by atoms with Gasteiger partial charge in [0.25, 0.3) is 0 Å². The monoisotopic (exact) mass is 280 g/mol. The van der Waals surface area contributed by atoms with E-state index in [1.54, 1.807) is 6.20 Å². The summed E-state index contributed by atoms with van der Waals surface area (Å²) in [5, 5.41) is 3.08. The molecule has 2 heterocycles. The maximum atomic E-state index is 11.7. The first-order valence-electron chi connectivity index (χ1n) is 6.72. The molecule has 0 bridgehead atoms. The molecular weight excluding hydrogens is 264 g/mol. The van der Waals surface area contributed by atoms with Gasteiger partial charge in [-0.15, -0.1) is 0 Å². The Kier molecular flexibility index (Phi) is 3.31. The summed E-state index contributed by atoms with van der Waals surface area (Å²) < 4.78 is 0. The molecule has 0 spiro atoms. The van der Waals surface area contributed by atoms with Gasteiger partial charge in [-0.1, -0.05) is 6.92 Å².